The molecule has 0 aliphatic carbocycles. The summed E-state index contributed by atoms with van der Waals surface area (Å²) in [7, 11) is 0. The normalized spacial score (nSPS) is 15.3. The van der Waals surface area contributed by atoms with E-state index in [1.165, 1.54) is 37.0 Å². The molecule has 0 spiro atoms. The van der Waals surface area contributed by atoms with Crippen LogP contribution in [0.5, 0.6) is 0 Å². The highest BCUT2D eigenvalue weighted by Gasteiger charge is 2.11. The number of anilines is 1. The van der Waals surface area contributed by atoms with Gasteiger partial charge in [-0.2, -0.15) is 0 Å². The van der Waals surface area contributed by atoms with Gasteiger partial charge in [0.1, 0.15) is 5.82 Å². The second-order valence-corrected chi connectivity index (χ2v) is 6.00. The van der Waals surface area contributed by atoms with Crippen molar-refractivity contribution in [1.29, 1.82) is 0 Å². The minimum Gasteiger partial charge on any atom is -0.322 e. The zero-order chi connectivity index (χ0) is 16.1. The Morgan fingerprint density at radius 1 is 1.04 bits per heavy atom. The summed E-state index contributed by atoms with van der Waals surface area (Å²) < 4.78 is 13.1. The number of halogens is 1. The Morgan fingerprint density at radius 3 is 2.48 bits per heavy atom. The molecular formula is C19H21FN2O. The summed E-state index contributed by atoms with van der Waals surface area (Å²) in [6, 6.07) is 13.6. The standard InChI is InChI=1S/C19H21FN2O/c20-17-5-4-6-18(13-17)21-19(23)16-9-7-15(8-10-16)14-22-11-2-1-3-12-22/h4-10,13H,1-3,11-12,14H2,(H,21,23). The first-order chi connectivity index (χ1) is 11.2. The molecule has 4 heteroatoms. The molecule has 1 fully saturated rings. The predicted molar refractivity (Wildman–Crippen MR) is 89.9 cm³/mol. The minimum atomic E-state index is -0.361. The van der Waals surface area contributed by atoms with Crippen molar-refractivity contribution in [3.05, 3.63) is 65.5 Å². The molecule has 1 aliphatic heterocycles. The molecule has 1 saturated heterocycles. The molecule has 1 heterocycles. The van der Waals surface area contributed by atoms with E-state index in [-0.39, 0.29) is 11.7 Å². The highest BCUT2D eigenvalue weighted by atomic mass is 19.1. The Labute approximate surface area is 136 Å². The van der Waals surface area contributed by atoms with Crippen LogP contribution in [0.2, 0.25) is 0 Å². The number of likely N-dealkylation sites (tertiary alicyclic amines) is 1. The number of nitrogens with one attached hydrogen (secondary N) is 1. The lowest BCUT2D eigenvalue weighted by Crippen LogP contribution is -2.29. The molecule has 3 rings (SSSR count). The van der Waals surface area contributed by atoms with Crippen LogP contribution in [0.4, 0.5) is 10.1 Å². The third-order valence-electron chi connectivity index (χ3n) is 4.15. The van der Waals surface area contributed by atoms with E-state index in [4.69, 9.17) is 0 Å². The molecule has 0 unspecified atom stereocenters. The zero-order valence-corrected chi connectivity index (χ0v) is 13.1. The molecule has 3 nitrogen and oxygen atoms in total. The summed E-state index contributed by atoms with van der Waals surface area (Å²) in [4.78, 5) is 14.6. The number of carbonyl (C=O) groups is 1. The quantitative estimate of drug-likeness (QED) is 0.923. The fourth-order valence-corrected chi connectivity index (χ4v) is 2.91. The molecule has 1 N–H and O–H groups in total. The monoisotopic (exact) mass is 312 g/mol. The van der Waals surface area contributed by atoms with Crippen LogP contribution in [0, 0.1) is 5.82 Å². The maximum Gasteiger partial charge on any atom is 0.255 e. The Kier molecular flexibility index (Phi) is 5.03. The van der Waals surface area contributed by atoms with Gasteiger partial charge in [0, 0.05) is 17.8 Å². The number of hydrogen-bond donors (Lipinski definition) is 1. The van der Waals surface area contributed by atoms with Gasteiger partial charge in [0.2, 0.25) is 0 Å². The summed E-state index contributed by atoms with van der Waals surface area (Å²) in [5, 5.41) is 2.71. The average Bonchev–Trinajstić information content (AvgIpc) is 2.56. The zero-order valence-electron chi connectivity index (χ0n) is 13.1. The Morgan fingerprint density at radius 2 is 1.78 bits per heavy atom. The summed E-state index contributed by atoms with van der Waals surface area (Å²) in [5.41, 5.74) is 2.26. The van der Waals surface area contributed by atoms with Gasteiger partial charge >= 0.3 is 0 Å². The number of carbonyl (C=O) groups excluding carboxylic acids is 1. The van der Waals surface area contributed by atoms with Crippen LogP contribution in [-0.4, -0.2) is 23.9 Å². The first-order valence-electron chi connectivity index (χ1n) is 8.09. The lowest BCUT2D eigenvalue weighted by Gasteiger charge is -2.26. The molecule has 23 heavy (non-hydrogen) atoms. The van der Waals surface area contributed by atoms with Crippen molar-refractivity contribution < 1.29 is 9.18 Å². The number of benzene rings is 2. The number of piperidine rings is 1. The van der Waals surface area contributed by atoms with Crippen LogP contribution < -0.4 is 5.32 Å². The van der Waals surface area contributed by atoms with E-state index >= 15 is 0 Å². The van der Waals surface area contributed by atoms with Gasteiger partial charge in [0.15, 0.2) is 0 Å². The number of nitrogens with zero attached hydrogens (tertiary/aromatic N) is 1. The molecule has 120 valence electrons. The third-order valence-corrected chi connectivity index (χ3v) is 4.15. The first kappa shape index (κ1) is 15.7. The predicted octanol–water partition coefficient (Wildman–Crippen LogP) is 4.06. The molecule has 2 aromatic carbocycles. The number of rotatable bonds is 4. The topological polar surface area (TPSA) is 32.3 Å². The van der Waals surface area contributed by atoms with Crippen LogP contribution in [0.25, 0.3) is 0 Å². The van der Waals surface area contributed by atoms with Crippen molar-refractivity contribution in [2.75, 3.05) is 18.4 Å². The number of amides is 1. The molecule has 0 atom stereocenters. The van der Waals surface area contributed by atoms with E-state index in [0.717, 1.165) is 19.6 Å². The Bertz CT molecular complexity index is 663. The van der Waals surface area contributed by atoms with Gasteiger partial charge in [0.05, 0.1) is 0 Å². The SMILES string of the molecule is O=C(Nc1cccc(F)c1)c1ccc(CN2CCCCC2)cc1. The van der Waals surface area contributed by atoms with Crippen molar-refractivity contribution in [2.24, 2.45) is 0 Å². The highest BCUT2D eigenvalue weighted by molar-refractivity contribution is 6.04. The molecule has 0 aromatic heterocycles. The van der Waals surface area contributed by atoms with Gasteiger partial charge in [-0.1, -0.05) is 24.6 Å². The number of hydrogen-bond acceptors (Lipinski definition) is 2. The Hall–Kier alpha value is -2.20. The van der Waals surface area contributed by atoms with Crippen LogP contribution in [0.1, 0.15) is 35.2 Å². The summed E-state index contributed by atoms with van der Waals surface area (Å²) in [6.45, 7) is 3.25. The van der Waals surface area contributed by atoms with Gasteiger partial charge in [-0.3, -0.25) is 9.69 Å². The van der Waals surface area contributed by atoms with Gasteiger partial charge < -0.3 is 5.32 Å². The summed E-state index contributed by atoms with van der Waals surface area (Å²) in [6.07, 6.45) is 3.87. The van der Waals surface area contributed by atoms with Gasteiger partial charge in [-0.15, -0.1) is 0 Å². The Balaban J connectivity index is 1.60. The van der Waals surface area contributed by atoms with Gasteiger partial charge in [0.25, 0.3) is 5.91 Å². The fourth-order valence-electron chi connectivity index (χ4n) is 2.91. The van der Waals surface area contributed by atoms with Crippen LogP contribution in [-0.2, 0) is 6.54 Å². The molecule has 1 aliphatic rings. The summed E-state index contributed by atoms with van der Waals surface area (Å²) in [5.74, 6) is -0.584. The average molecular weight is 312 g/mol. The molecular weight excluding hydrogens is 291 g/mol. The maximum absolute atomic E-state index is 13.1. The van der Waals surface area contributed by atoms with E-state index in [1.807, 2.05) is 24.3 Å². The second kappa shape index (κ2) is 7.38. The lowest BCUT2D eigenvalue weighted by molar-refractivity contribution is 0.102. The molecule has 0 bridgehead atoms. The van der Waals surface area contributed by atoms with Crippen molar-refractivity contribution in [1.82, 2.24) is 4.90 Å². The van der Waals surface area contributed by atoms with E-state index in [1.54, 1.807) is 12.1 Å². The second-order valence-electron chi connectivity index (χ2n) is 6.00. The van der Waals surface area contributed by atoms with Crippen molar-refractivity contribution in [3.8, 4) is 0 Å². The van der Waals surface area contributed by atoms with Crippen LogP contribution in [0.3, 0.4) is 0 Å². The largest absolute Gasteiger partial charge is 0.322 e. The molecule has 0 saturated carbocycles. The highest BCUT2D eigenvalue weighted by Crippen LogP contribution is 2.15. The molecule has 2 aromatic rings. The van der Waals surface area contributed by atoms with Crippen molar-refractivity contribution in [3.63, 3.8) is 0 Å². The van der Waals surface area contributed by atoms with E-state index in [2.05, 4.69) is 10.2 Å². The van der Waals surface area contributed by atoms with Gasteiger partial charge in [-0.25, -0.2) is 4.39 Å². The van der Waals surface area contributed by atoms with Gasteiger partial charge in [-0.05, 0) is 61.8 Å². The smallest absolute Gasteiger partial charge is 0.255 e. The van der Waals surface area contributed by atoms with E-state index in [0.29, 0.717) is 11.3 Å². The third kappa shape index (κ3) is 4.39. The van der Waals surface area contributed by atoms with E-state index < -0.39 is 0 Å². The minimum absolute atomic E-state index is 0.222. The fraction of sp³-hybridized carbons (Fsp3) is 0.316. The van der Waals surface area contributed by atoms with Crippen molar-refractivity contribution in [2.45, 2.75) is 25.8 Å². The van der Waals surface area contributed by atoms with Crippen LogP contribution >= 0.6 is 0 Å². The van der Waals surface area contributed by atoms with Crippen LogP contribution in [0.15, 0.2) is 48.5 Å². The molecule has 1 amide bonds. The maximum atomic E-state index is 13.1. The van der Waals surface area contributed by atoms with Crippen molar-refractivity contribution >= 4 is 11.6 Å². The lowest BCUT2D eigenvalue weighted by atomic mass is 10.1. The van der Waals surface area contributed by atoms with E-state index in [9.17, 15) is 9.18 Å². The molecule has 0 radical (unpaired) electrons. The first-order valence-corrected chi connectivity index (χ1v) is 8.09. The summed E-state index contributed by atoms with van der Waals surface area (Å²) >= 11 is 0.